The molecule has 130 valence electrons. The number of carboxylic acids is 1. The first kappa shape index (κ1) is 17.5. The molecule has 26 heavy (non-hydrogen) atoms. The van der Waals surface area contributed by atoms with E-state index in [0.29, 0.717) is 17.7 Å². The number of rotatable bonds is 4. The second kappa shape index (κ2) is 6.89. The van der Waals surface area contributed by atoms with Crippen LogP contribution < -0.4 is 0 Å². The van der Waals surface area contributed by atoms with Crippen molar-refractivity contribution in [2.75, 3.05) is 0 Å². The number of benzene rings is 2. The van der Waals surface area contributed by atoms with E-state index in [1.54, 1.807) is 11.6 Å². The lowest BCUT2D eigenvalue weighted by molar-refractivity contribution is 0.0687. The Morgan fingerprint density at radius 1 is 1.12 bits per heavy atom. The Bertz CT molecular complexity index is 1020. The predicted molar refractivity (Wildman–Crippen MR) is 104 cm³/mol. The Morgan fingerprint density at radius 2 is 1.73 bits per heavy atom. The van der Waals surface area contributed by atoms with Crippen LogP contribution in [0.1, 0.15) is 28.7 Å². The summed E-state index contributed by atoms with van der Waals surface area (Å²) in [5.41, 5.74) is 5.98. The maximum atomic E-state index is 11.8. The van der Waals surface area contributed by atoms with Crippen molar-refractivity contribution in [3.63, 3.8) is 0 Å². The summed E-state index contributed by atoms with van der Waals surface area (Å²) in [4.78, 5) is 15.5. The van der Waals surface area contributed by atoms with Crippen LogP contribution in [0.5, 0.6) is 0 Å². The molecule has 0 radical (unpaired) electrons. The number of aromatic carboxylic acids is 1. The lowest BCUT2D eigenvalue weighted by atomic mass is 9.97. The molecule has 0 aliphatic rings. The number of carbonyl (C=O) groups is 1. The van der Waals surface area contributed by atoms with Crippen molar-refractivity contribution >= 4 is 11.7 Å². The van der Waals surface area contributed by atoms with Gasteiger partial charge in [0.1, 0.15) is 5.69 Å². The van der Waals surface area contributed by atoms with Gasteiger partial charge in [0.25, 0.3) is 0 Å². The molecule has 1 aromatic heterocycles. The van der Waals surface area contributed by atoms with Crippen LogP contribution in [0.3, 0.4) is 0 Å². The number of aryl methyl sites for hydroxylation is 1. The summed E-state index contributed by atoms with van der Waals surface area (Å²) in [7, 11) is 1.71. The maximum absolute atomic E-state index is 11.8. The standard InChI is InChI=1S/C22H20N2O2/c1-5-18-20(23-3)19(21(22(25)26)24(18)4)16-12-10-15(11-13-16)17-9-7-6-8-14(17)2/h6-13H,5H2,1-2,4H3,(H,25,26). The maximum Gasteiger partial charge on any atom is 0.351 e. The van der Waals surface area contributed by atoms with Crippen LogP contribution in [0.15, 0.2) is 48.5 Å². The van der Waals surface area contributed by atoms with E-state index in [2.05, 4.69) is 23.9 Å². The van der Waals surface area contributed by atoms with Crippen molar-refractivity contribution in [1.29, 1.82) is 0 Å². The normalized spacial score (nSPS) is 10.5. The Labute approximate surface area is 153 Å². The third-order valence-corrected chi connectivity index (χ3v) is 4.77. The highest BCUT2D eigenvalue weighted by molar-refractivity contribution is 6.00. The monoisotopic (exact) mass is 344 g/mol. The predicted octanol–water partition coefficient (Wildman–Crippen LogP) is 5.48. The zero-order valence-corrected chi connectivity index (χ0v) is 15.1. The Hall–Kier alpha value is -3.32. The summed E-state index contributed by atoms with van der Waals surface area (Å²) in [6, 6.07) is 15.9. The largest absolute Gasteiger partial charge is 0.477 e. The van der Waals surface area contributed by atoms with Gasteiger partial charge in [-0.05, 0) is 35.6 Å². The molecular weight excluding hydrogens is 324 g/mol. The van der Waals surface area contributed by atoms with Gasteiger partial charge < -0.3 is 9.67 Å². The Balaban J connectivity index is 2.18. The van der Waals surface area contributed by atoms with E-state index in [-0.39, 0.29) is 5.69 Å². The lowest BCUT2D eigenvalue weighted by Crippen LogP contribution is -2.07. The summed E-state index contributed by atoms with van der Waals surface area (Å²) in [6.07, 6.45) is 0.607. The molecular formula is C22H20N2O2. The average molecular weight is 344 g/mol. The van der Waals surface area contributed by atoms with Crippen LogP contribution in [-0.2, 0) is 13.5 Å². The minimum absolute atomic E-state index is 0.163. The van der Waals surface area contributed by atoms with Gasteiger partial charge >= 0.3 is 5.97 Å². The molecule has 0 amide bonds. The van der Waals surface area contributed by atoms with Gasteiger partial charge in [-0.2, -0.15) is 0 Å². The highest BCUT2D eigenvalue weighted by Crippen LogP contribution is 2.40. The average Bonchev–Trinajstić information content (AvgIpc) is 2.94. The zero-order valence-electron chi connectivity index (χ0n) is 15.1. The van der Waals surface area contributed by atoms with Crippen LogP contribution in [0.4, 0.5) is 5.69 Å². The molecule has 0 aliphatic heterocycles. The summed E-state index contributed by atoms with van der Waals surface area (Å²) in [5, 5.41) is 9.68. The van der Waals surface area contributed by atoms with Gasteiger partial charge in [-0.3, -0.25) is 0 Å². The first-order valence-electron chi connectivity index (χ1n) is 8.48. The van der Waals surface area contributed by atoms with Crippen molar-refractivity contribution in [3.05, 3.63) is 76.9 Å². The number of aromatic nitrogens is 1. The van der Waals surface area contributed by atoms with Crippen molar-refractivity contribution in [1.82, 2.24) is 4.57 Å². The molecule has 1 N–H and O–H groups in total. The molecule has 0 atom stereocenters. The minimum Gasteiger partial charge on any atom is -0.477 e. The molecule has 0 bridgehead atoms. The zero-order chi connectivity index (χ0) is 18.8. The first-order valence-corrected chi connectivity index (χ1v) is 8.48. The first-order chi connectivity index (χ1) is 12.5. The molecule has 0 fully saturated rings. The molecule has 0 saturated heterocycles. The number of nitrogens with zero attached hydrogens (tertiary/aromatic N) is 2. The van der Waals surface area contributed by atoms with E-state index in [4.69, 9.17) is 6.57 Å². The third kappa shape index (κ3) is 2.78. The highest BCUT2D eigenvalue weighted by atomic mass is 16.4. The van der Waals surface area contributed by atoms with Crippen molar-refractivity contribution in [3.8, 4) is 22.3 Å². The van der Waals surface area contributed by atoms with Gasteiger partial charge in [0.05, 0.1) is 6.57 Å². The second-order valence-electron chi connectivity index (χ2n) is 6.24. The van der Waals surface area contributed by atoms with E-state index in [9.17, 15) is 9.90 Å². The van der Waals surface area contributed by atoms with Gasteiger partial charge in [-0.15, -0.1) is 0 Å². The molecule has 0 saturated carbocycles. The molecule has 4 nitrogen and oxygen atoms in total. The van der Waals surface area contributed by atoms with Crippen LogP contribution in [0.25, 0.3) is 27.1 Å². The quantitative estimate of drug-likeness (QED) is 0.637. The fourth-order valence-electron chi connectivity index (χ4n) is 3.48. The van der Waals surface area contributed by atoms with Gasteiger partial charge in [0, 0.05) is 18.3 Å². The van der Waals surface area contributed by atoms with E-state index >= 15 is 0 Å². The minimum atomic E-state index is -1.02. The highest BCUT2D eigenvalue weighted by Gasteiger charge is 2.25. The summed E-state index contributed by atoms with van der Waals surface area (Å²) in [6.45, 7) is 11.5. The van der Waals surface area contributed by atoms with Crippen LogP contribution in [0, 0.1) is 13.5 Å². The Morgan fingerprint density at radius 3 is 2.27 bits per heavy atom. The molecule has 3 rings (SSSR count). The van der Waals surface area contributed by atoms with E-state index in [0.717, 1.165) is 22.4 Å². The van der Waals surface area contributed by atoms with Crippen LogP contribution >= 0.6 is 0 Å². The second-order valence-corrected chi connectivity index (χ2v) is 6.24. The fourth-order valence-corrected chi connectivity index (χ4v) is 3.48. The topological polar surface area (TPSA) is 46.6 Å². The van der Waals surface area contributed by atoms with Crippen molar-refractivity contribution in [2.45, 2.75) is 20.3 Å². The van der Waals surface area contributed by atoms with E-state index < -0.39 is 5.97 Å². The fraction of sp³-hybridized carbons (Fsp3) is 0.182. The summed E-state index contributed by atoms with van der Waals surface area (Å²) >= 11 is 0. The molecule has 2 aromatic carbocycles. The summed E-state index contributed by atoms with van der Waals surface area (Å²) in [5.74, 6) is -1.02. The van der Waals surface area contributed by atoms with Crippen molar-refractivity contribution in [2.24, 2.45) is 7.05 Å². The SMILES string of the molecule is [C-]#[N+]c1c(-c2ccc(-c3ccccc3C)cc2)c(C(=O)O)n(C)c1CC. The van der Waals surface area contributed by atoms with Gasteiger partial charge in [0.2, 0.25) is 5.69 Å². The van der Waals surface area contributed by atoms with Crippen LogP contribution in [-0.4, -0.2) is 15.6 Å². The van der Waals surface area contributed by atoms with Gasteiger partial charge in [-0.25, -0.2) is 9.64 Å². The van der Waals surface area contributed by atoms with Crippen LogP contribution in [0.2, 0.25) is 0 Å². The molecule has 3 aromatic rings. The third-order valence-electron chi connectivity index (χ3n) is 4.77. The van der Waals surface area contributed by atoms with E-state index in [1.165, 1.54) is 5.56 Å². The molecule has 0 unspecified atom stereocenters. The Kier molecular flexibility index (Phi) is 4.64. The molecule has 0 aliphatic carbocycles. The number of hydrogen-bond donors (Lipinski definition) is 1. The number of hydrogen-bond acceptors (Lipinski definition) is 1. The van der Waals surface area contributed by atoms with E-state index in [1.807, 2.05) is 43.3 Å². The molecule has 4 heteroatoms. The number of carboxylic acid groups (broad SMARTS) is 1. The van der Waals surface area contributed by atoms with Gasteiger partial charge in [0.15, 0.2) is 0 Å². The molecule has 1 heterocycles. The smallest absolute Gasteiger partial charge is 0.351 e. The lowest BCUT2D eigenvalue weighted by Gasteiger charge is -2.08. The summed E-state index contributed by atoms with van der Waals surface area (Å²) < 4.78 is 1.63. The van der Waals surface area contributed by atoms with Gasteiger partial charge in [-0.1, -0.05) is 55.5 Å². The van der Waals surface area contributed by atoms with Crippen molar-refractivity contribution < 1.29 is 9.90 Å². The molecule has 0 spiro atoms.